The molecule has 0 N–H and O–H groups in total. The Morgan fingerprint density at radius 2 is 1.12 bits per heavy atom. The number of nitrogens with zero attached hydrogens (tertiary/aromatic N) is 1. The molecule has 0 heterocycles. The van der Waals surface area contributed by atoms with Crippen LogP contribution in [0.1, 0.15) is 135 Å². The quantitative estimate of drug-likeness (QED) is 0.0811. The fourth-order valence-electron chi connectivity index (χ4n) is 4.04. The summed E-state index contributed by atoms with van der Waals surface area (Å²) in [6.07, 6.45) is 28.5. The molecule has 0 saturated carbocycles. The van der Waals surface area contributed by atoms with Crippen LogP contribution in [0, 0.1) is 0 Å². The molecule has 0 aromatic rings. The van der Waals surface area contributed by atoms with Crippen molar-refractivity contribution in [1.82, 2.24) is 4.90 Å². The zero-order chi connectivity index (χ0) is 24.6. The summed E-state index contributed by atoms with van der Waals surface area (Å²) in [7, 11) is -2.45. The van der Waals surface area contributed by atoms with Crippen LogP contribution in [0.15, 0.2) is 12.2 Å². The first-order valence-corrected chi connectivity index (χ1v) is 15.3. The van der Waals surface area contributed by atoms with Gasteiger partial charge in [-0.05, 0) is 31.8 Å². The van der Waals surface area contributed by atoms with Crippen molar-refractivity contribution in [2.75, 3.05) is 19.3 Å². The van der Waals surface area contributed by atoms with Crippen LogP contribution in [0.25, 0.3) is 0 Å². The molecule has 1 amide bonds. The first kappa shape index (κ1) is 36.9. The molecule has 0 unspecified atom stereocenters. The molecular formula is C27H52KNO4S. The van der Waals surface area contributed by atoms with E-state index in [-0.39, 0.29) is 63.0 Å². The summed E-state index contributed by atoms with van der Waals surface area (Å²) in [4.78, 5) is 13.5. The second-order valence-electron chi connectivity index (χ2n) is 9.58. The van der Waals surface area contributed by atoms with E-state index in [0.717, 1.165) is 12.8 Å². The van der Waals surface area contributed by atoms with Crippen molar-refractivity contribution in [3.8, 4) is 0 Å². The minimum Gasteiger partial charge on any atom is -0.748 e. The van der Waals surface area contributed by atoms with Crippen molar-refractivity contribution < 1.29 is 69.1 Å². The van der Waals surface area contributed by atoms with Crippen molar-refractivity contribution in [1.29, 1.82) is 0 Å². The average Bonchev–Trinajstić information content (AvgIpc) is 2.77. The van der Waals surface area contributed by atoms with Gasteiger partial charge in [-0.15, -0.1) is 0 Å². The fraction of sp³-hybridized carbons (Fsp3) is 0.889. The van der Waals surface area contributed by atoms with E-state index >= 15 is 0 Å². The Bertz CT molecular complexity index is 581. The van der Waals surface area contributed by atoms with E-state index < -0.39 is 10.1 Å². The minimum atomic E-state index is -4.15. The molecule has 0 spiro atoms. The molecule has 34 heavy (non-hydrogen) atoms. The van der Waals surface area contributed by atoms with Gasteiger partial charge in [-0.2, -0.15) is 0 Å². The molecule has 0 aromatic heterocycles. The largest absolute Gasteiger partial charge is 1.00 e. The van der Waals surface area contributed by atoms with Crippen LogP contribution in [0.2, 0.25) is 0 Å². The summed E-state index contributed by atoms with van der Waals surface area (Å²) in [6, 6.07) is 0. The summed E-state index contributed by atoms with van der Waals surface area (Å²) in [6.45, 7) is 2.74. The number of amides is 1. The summed E-state index contributed by atoms with van der Waals surface area (Å²) < 4.78 is 31.7. The van der Waals surface area contributed by atoms with Crippen LogP contribution >= 0.6 is 0 Å². The number of likely N-dealkylation sites (N-methyl/N-ethyl adjacent to an activating group) is 1. The van der Waals surface area contributed by atoms with Gasteiger partial charge in [-0.1, -0.05) is 116 Å². The average molecular weight is 526 g/mol. The molecule has 0 rings (SSSR count). The third-order valence-corrected chi connectivity index (χ3v) is 7.04. The van der Waals surface area contributed by atoms with Gasteiger partial charge < -0.3 is 9.45 Å². The van der Waals surface area contributed by atoms with Crippen molar-refractivity contribution in [2.24, 2.45) is 0 Å². The maximum Gasteiger partial charge on any atom is 1.00 e. The van der Waals surface area contributed by atoms with Gasteiger partial charge in [-0.25, -0.2) is 8.42 Å². The van der Waals surface area contributed by atoms with Crippen LogP contribution in [-0.2, 0) is 14.9 Å². The number of hydrogen-bond acceptors (Lipinski definition) is 4. The van der Waals surface area contributed by atoms with E-state index in [2.05, 4.69) is 6.92 Å². The van der Waals surface area contributed by atoms with Gasteiger partial charge in [0.05, 0.1) is 10.1 Å². The number of hydrogen-bond donors (Lipinski definition) is 0. The van der Waals surface area contributed by atoms with Crippen molar-refractivity contribution in [2.45, 2.75) is 135 Å². The molecular weight excluding hydrogens is 473 g/mol. The van der Waals surface area contributed by atoms with Crippen LogP contribution in [0.5, 0.6) is 0 Å². The minimum absolute atomic E-state index is 0. The second-order valence-corrected chi connectivity index (χ2v) is 11.1. The Hall–Kier alpha value is 0.756. The Morgan fingerprint density at radius 1 is 0.706 bits per heavy atom. The maximum absolute atomic E-state index is 12.0. The molecule has 0 radical (unpaired) electrons. The number of unbranched alkanes of at least 4 members (excludes halogenated alkanes) is 18. The van der Waals surface area contributed by atoms with Crippen LogP contribution < -0.4 is 51.4 Å². The molecule has 0 fully saturated rings. The SMILES string of the molecule is CCCCCCCCCCCCCCCCCCC/C=C/C(=O)N(C)CCCCS(=O)(=O)[O-].[K+]. The van der Waals surface area contributed by atoms with E-state index in [1.807, 2.05) is 6.08 Å². The summed E-state index contributed by atoms with van der Waals surface area (Å²) in [5, 5.41) is 0. The zero-order valence-corrected chi connectivity index (χ0v) is 26.6. The van der Waals surface area contributed by atoms with Gasteiger partial charge in [0, 0.05) is 19.3 Å². The summed E-state index contributed by atoms with van der Waals surface area (Å²) in [5.74, 6) is -0.420. The van der Waals surface area contributed by atoms with Gasteiger partial charge >= 0.3 is 51.4 Å². The molecule has 0 aliphatic rings. The molecule has 5 nitrogen and oxygen atoms in total. The number of rotatable bonds is 24. The first-order valence-electron chi connectivity index (χ1n) is 13.7. The normalized spacial score (nSPS) is 11.6. The first-order chi connectivity index (χ1) is 15.9. The Labute approximate surface area is 254 Å². The Kier molecular flexibility index (Phi) is 29.1. The van der Waals surface area contributed by atoms with Crippen molar-refractivity contribution >= 4 is 16.0 Å². The van der Waals surface area contributed by atoms with Gasteiger partial charge in [0.25, 0.3) is 0 Å². The van der Waals surface area contributed by atoms with E-state index in [1.54, 1.807) is 18.0 Å². The second kappa shape index (κ2) is 26.8. The van der Waals surface area contributed by atoms with Crippen molar-refractivity contribution in [3.05, 3.63) is 12.2 Å². The molecule has 0 aromatic carbocycles. The topological polar surface area (TPSA) is 77.5 Å². The van der Waals surface area contributed by atoms with Gasteiger partial charge in [-0.3, -0.25) is 4.79 Å². The molecule has 196 valence electrons. The van der Waals surface area contributed by atoms with E-state index in [9.17, 15) is 17.8 Å². The summed E-state index contributed by atoms with van der Waals surface area (Å²) in [5.41, 5.74) is 0. The Balaban J connectivity index is 0. The predicted octanol–water partition coefficient (Wildman–Crippen LogP) is 4.37. The standard InChI is InChI=1S/C27H53NO4S.K/c1-3-4-5-6-7-8-9-10-11-12-13-14-15-16-17-18-19-20-21-24-27(29)28(2)25-22-23-26-33(30,31)32;/h21,24H,3-20,22-23,25-26H2,1-2H3,(H,30,31,32);/q;+1/p-1/b24-21+;. The number of carbonyl (C=O) groups excluding carboxylic acids is 1. The van der Waals surface area contributed by atoms with Crippen LogP contribution in [0.4, 0.5) is 0 Å². The van der Waals surface area contributed by atoms with Gasteiger partial charge in [0.15, 0.2) is 0 Å². The predicted molar refractivity (Wildman–Crippen MR) is 139 cm³/mol. The van der Waals surface area contributed by atoms with E-state index in [0.29, 0.717) is 19.4 Å². The molecule has 0 aliphatic heterocycles. The number of carbonyl (C=O) groups is 1. The van der Waals surface area contributed by atoms with E-state index in [1.165, 1.54) is 103 Å². The molecule has 0 bridgehead atoms. The molecule has 0 saturated heterocycles. The van der Waals surface area contributed by atoms with E-state index in [4.69, 9.17) is 0 Å². The van der Waals surface area contributed by atoms with Gasteiger partial charge in [0.2, 0.25) is 5.91 Å². The third kappa shape index (κ3) is 29.0. The molecule has 7 heteroatoms. The van der Waals surface area contributed by atoms with Crippen molar-refractivity contribution in [3.63, 3.8) is 0 Å². The third-order valence-electron chi connectivity index (χ3n) is 6.25. The van der Waals surface area contributed by atoms with Crippen LogP contribution in [0.3, 0.4) is 0 Å². The maximum atomic E-state index is 12.0. The number of allylic oxidation sites excluding steroid dienone is 1. The smallest absolute Gasteiger partial charge is 0.748 e. The van der Waals surface area contributed by atoms with Gasteiger partial charge in [0.1, 0.15) is 0 Å². The monoisotopic (exact) mass is 525 g/mol. The molecule has 0 aliphatic carbocycles. The van der Waals surface area contributed by atoms with Crippen LogP contribution in [-0.4, -0.2) is 43.1 Å². The fourth-order valence-corrected chi connectivity index (χ4v) is 4.59. The summed E-state index contributed by atoms with van der Waals surface area (Å²) >= 11 is 0. The Morgan fingerprint density at radius 3 is 1.53 bits per heavy atom. The molecule has 0 atom stereocenters. The zero-order valence-electron chi connectivity index (χ0n) is 22.7.